The first-order valence-corrected chi connectivity index (χ1v) is 6.06. The molecule has 2 rings (SSSR count). The Balaban J connectivity index is 2.32. The summed E-state index contributed by atoms with van der Waals surface area (Å²) in [6.45, 7) is 1.91. The summed E-state index contributed by atoms with van der Waals surface area (Å²) in [6, 6.07) is 1.58. The van der Waals surface area contributed by atoms with Gasteiger partial charge in [-0.05, 0) is 25.9 Å². The first-order chi connectivity index (χ1) is 9.02. The Morgan fingerprint density at radius 2 is 2.26 bits per heavy atom. The van der Waals surface area contributed by atoms with Crippen LogP contribution in [0.5, 0.6) is 0 Å². The third-order valence-corrected chi connectivity index (χ3v) is 3.31. The van der Waals surface area contributed by atoms with Crippen LogP contribution in [0.1, 0.15) is 6.42 Å². The Morgan fingerprint density at radius 1 is 1.53 bits per heavy atom. The van der Waals surface area contributed by atoms with Gasteiger partial charge >= 0.3 is 5.69 Å². The fraction of sp³-hybridized carbons (Fsp3) is 0.500. The Kier molecular flexibility index (Phi) is 3.94. The molecule has 1 aliphatic rings. The third kappa shape index (κ3) is 2.81. The number of nitro groups is 1. The Bertz CT molecular complexity index is 496. The molecule has 5 nitrogen and oxygen atoms in total. The zero-order valence-electron chi connectivity index (χ0n) is 10.5. The molecule has 1 aromatic rings. The lowest BCUT2D eigenvalue weighted by molar-refractivity contribution is -0.386. The van der Waals surface area contributed by atoms with Crippen molar-refractivity contribution in [2.45, 2.75) is 6.42 Å². The second-order valence-corrected chi connectivity index (χ2v) is 4.67. The van der Waals surface area contributed by atoms with Crippen LogP contribution in [-0.2, 0) is 0 Å². The quantitative estimate of drug-likeness (QED) is 0.671. The van der Waals surface area contributed by atoms with Gasteiger partial charge in [-0.3, -0.25) is 10.1 Å². The first-order valence-electron chi connectivity index (χ1n) is 6.06. The van der Waals surface area contributed by atoms with Crippen LogP contribution in [0, 0.1) is 27.7 Å². The Labute approximate surface area is 109 Å². The largest absolute Gasteiger partial charge is 0.365 e. The van der Waals surface area contributed by atoms with E-state index in [9.17, 15) is 18.9 Å². The van der Waals surface area contributed by atoms with Crippen LogP contribution in [-0.4, -0.2) is 31.6 Å². The van der Waals surface area contributed by atoms with Gasteiger partial charge < -0.3 is 10.2 Å². The van der Waals surface area contributed by atoms with Crippen LogP contribution in [0.15, 0.2) is 12.1 Å². The van der Waals surface area contributed by atoms with E-state index in [1.165, 1.54) is 0 Å². The molecule has 0 bridgehead atoms. The minimum atomic E-state index is -1.13. The molecule has 1 atom stereocenters. The van der Waals surface area contributed by atoms with Gasteiger partial charge in [0.05, 0.1) is 4.92 Å². The van der Waals surface area contributed by atoms with Crippen molar-refractivity contribution in [1.29, 1.82) is 0 Å². The first kappa shape index (κ1) is 13.7. The lowest BCUT2D eigenvalue weighted by Gasteiger charge is -2.18. The lowest BCUT2D eigenvalue weighted by Crippen LogP contribution is -2.25. The Morgan fingerprint density at radius 3 is 2.89 bits per heavy atom. The van der Waals surface area contributed by atoms with E-state index in [1.807, 2.05) is 7.05 Å². The van der Waals surface area contributed by atoms with Crippen molar-refractivity contribution in [3.8, 4) is 0 Å². The minimum absolute atomic E-state index is 0.0288. The van der Waals surface area contributed by atoms with Gasteiger partial charge in [0.25, 0.3) is 0 Å². The molecular formula is C12H15F2N3O2. The number of hydrogen-bond donors (Lipinski definition) is 1. The summed E-state index contributed by atoms with van der Waals surface area (Å²) < 4.78 is 26.8. The summed E-state index contributed by atoms with van der Waals surface area (Å²) in [4.78, 5) is 11.8. The summed E-state index contributed by atoms with van der Waals surface area (Å²) in [5, 5.41) is 14.0. The second kappa shape index (κ2) is 5.48. The summed E-state index contributed by atoms with van der Waals surface area (Å²) in [5.41, 5.74) is -0.618. The topological polar surface area (TPSA) is 58.4 Å². The molecule has 7 heteroatoms. The average molecular weight is 271 g/mol. The molecule has 19 heavy (non-hydrogen) atoms. The fourth-order valence-electron chi connectivity index (χ4n) is 2.48. The van der Waals surface area contributed by atoms with Crippen LogP contribution >= 0.6 is 0 Å². The minimum Gasteiger partial charge on any atom is -0.365 e. The number of anilines is 1. The molecule has 104 valence electrons. The maximum Gasteiger partial charge on any atom is 0.328 e. The van der Waals surface area contributed by atoms with Gasteiger partial charge in [0.2, 0.25) is 5.82 Å². The molecule has 0 spiro atoms. The van der Waals surface area contributed by atoms with Crippen LogP contribution in [0.2, 0.25) is 0 Å². The molecule has 1 aromatic carbocycles. The number of nitro benzene ring substituents is 1. The molecule has 1 saturated heterocycles. The van der Waals surface area contributed by atoms with Gasteiger partial charge in [-0.15, -0.1) is 0 Å². The van der Waals surface area contributed by atoms with Crippen molar-refractivity contribution in [2.75, 3.05) is 31.6 Å². The van der Waals surface area contributed by atoms with Gasteiger partial charge in [0, 0.05) is 25.2 Å². The number of nitrogens with zero attached hydrogens (tertiary/aromatic N) is 2. The highest BCUT2D eigenvalue weighted by atomic mass is 19.1. The summed E-state index contributed by atoms with van der Waals surface area (Å²) >= 11 is 0. The van der Waals surface area contributed by atoms with Crippen molar-refractivity contribution in [3.63, 3.8) is 0 Å². The number of halogens is 2. The van der Waals surface area contributed by atoms with Crippen LogP contribution in [0.4, 0.5) is 20.2 Å². The van der Waals surface area contributed by atoms with Crippen molar-refractivity contribution in [1.82, 2.24) is 5.32 Å². The molecule has 1 heterocycles. The fourth-order valence-corrected chi connectivity index (χ4v) is 2.48. The molecule has 0 radical (unpaired) electrons. The predicted octanol–water partition coefficient (Wildman–Crippen LogP) is 1.92. The maximum atomic E-state index is 13.5. The average Bonchev–Trinajstić information content (AvgIpc) is 2.76. The van der Waals surface area contributed by atoms with E-state index >= 15 is 0 Å². The van der Waals surface area contributed by atoms with Crippen LogP contribution < -0.4 is 10.2 Å². The van der Waals surface area contributed by atoms with Gasteiger partial charge in [-0.2, -0.15) is 4.39 Å². The lowest BCUT2D eigenvalue weighted by atomic mass is 10.1. The number of rotatable bonds is 4. The molecule has 1 fully saturated rings. The van der Waals surface area contributed by atoms with Crippen molar-refractivity contribution >= 4 is 11.4 Å². The molecule has 1 aliphatic heterocycles. The zero-order chi connectivity index (χ0) is 14.0. The van der Waals surface area contributed by atoms with Gasteiger partial charge in [0.15, 0.2) is 0 Å². The van der Waals surface area contributed by atoms with Gasteiger partial charge in [0.1, 0.15) is 11.5 Å². The standard InChI is InChI=1S/C12H15F2N3O2/c1-15-6-8-2-3-16(7-8)11-5-9(13)4-10(14)12(11)17(18)19/h4-5,8,15H,2-3,6-7H2,1H3. The van der Waals surface area contributed by atoms with Gasteiger partial charge in [-0.25, -0.2) is 4.39 Å². The molecule has 1 N–H and O–H groups in total. The monoisotopic (exact) mass is 271 g/mol. The maximum absolute atomic E-state index is 13.5. The highest BCUT2D eigenvalue weighted by Gasteiger charge is 2.30. The molecule has 0 saturated carbocycles. The van der Waals surface area contributed by atoms with E-state index in [1.54, 1.807) is 4.90 Å². The van der Waals surface area contributed by atoms with Gasteiger partial charge in [-0.1, -0.05) is 0 Å². The normalized spacial score (nSPS) is 18.9. The van der Waals surface area contributed by atoms with Crippen molar-refractivity contribution in [2.24, 2.45) is 5.92 Å². The highest BCUT2D eigenvalue weighted by Crippen LogP contribution is 2.34. The molecule has 0 amide bonds. The molecular weight excluding hydrogens is 256 g/mol. The molecule has 0 aromatic heterocycles. The van der Waals surface area contributed by atoms with Crippen molar-refractivity contribution < 1.29 is 13.7 Å². The van der Waals surface area contributed by atoms with E-state index < -0.39 is 22.2 Å². The number of benzene rings is 1. The highest BCUT2D eigenvalue weighted by molar-refractivity contribution is 5.64. The van der Waals surface area contributed by atoms with E-state index in [4.69, 9.17) is 0 Å². The summed E-state index contributed by atoms with van der Waals surface area (Å²) in [7, 11) is 1.83. The Hall–Kier alpha value is -1.76. The van der Waals surface area contributed by atoms with E-state index in [-0.39, 0.29) is 5.69 Å². The van der Waals surface area contributed by atoms with Crippen LogP contribution in [0.3, 0.4) is 0 Å². The third-order valence-electron chi connectivity index (χ3n) is 3.31. The van der Waals surface area contributed by atoms with E-state index in [2.05, 4.69) is 5.32 Å². The van der Waals surface area contributed by atoms with E-state index in [0.29, 0.717) is 25.1 Å². The smallest absolute Gasteiger partial charge is 0.328 e. The van der Waals surface area contributed by atoms with Crippen molar-refractivity contribution in [3.05, 3.63) is 33.9 Å². The second-order valence-electron chi connectivity index (χ2n) is 4.67. The zero-order valence-corrected chi connectivity index (χ0v) is 10.5. The number of hydrogen-bond acceptors (Lipinski definition) is 4. The number of nitrogens with one attached hydrogen (secondary N) is 1. The van der Waals surface area contributed by atoms with Crippen LogP contribution in [0.25, 0.3) is 0 Å². The summed E-state index contributed by atoms with van der Waals surface area (Å²) in [5.74, 6) is -1.59. The molecule has 0 aliphatic carbocycles. The van der Waals surface area contributed by atoms with E-state index in [0.717, 1.165) is 19.0 Å². The predicted molar refractivity (Wildman–Crippen MR) is 67.3 cm³/mol. The molecule has 1 unspecified atom stereocenters. The summed E-state index contributed by atoms with van der Waals surface area (Å²) in [6.07, 6.45) is 0.843. The SMILES string of the molecule is CNCC1CCN(c2cc(F)cc(F)c2[N+](=O)[O-])C1.